The van der Waals surface area contributed by atoms with Crippen LogP contribution in [0, 0.1) is 5.92 Å². The number of nitrogens with one attached hydrogen (secondary N) is 4. The minimum absolute atomic E-state index is 0.168. The third-order valence-electron chi connectivity index (χ3n) is 8.23. The lowest BCUT2D eigenvalue weighted by molar-refractivity contribution is 0.671. The van der Waals surface area contributed by atoms with Gasteiger partial charge in [0.1, 0.15) is 11.6 Å². The first-order valence-corrected chi connectivity index (χ1v) is 13.6. The van der Waals surface area contributed by atoms with Gasteiger partial charge >= 0.3 is 0 Å². The summed E-state index contributed by atoms with van der Waals surface area (Å²) in [4.78, 5) is 16.6. The molecule has 1 saturated carbocycles. The predicted molar refractivity (Wildman–Crippen MR) is 153 cm³/mol. The molecule has 2 atom stereocenters. The molecule has 2 aliphatic heterocycles. The second-order valence-electron chi connectivity index (χ2n) is 11.1. The lowest BCUT2D eigenvalue weighted by atomic mass is 9.99. The van der Waals surface area contributed by atoms with E-state index in [-0.39, 0.29) is 12.1 Å². The van der Waals surface area contributed by atoms with Gasteiger partial charge in [-0.25, -0.2) is 9.97 Å². The average molecular weight is 499 g/mol. The van der Waals surface area contributed by atoms with Crippen LogP contribution in [-0.4, -0.2) is 33.0 Å². The van der Waals surface area contributed by atoms with E-state index in [1.807, 2.05) is 6.20 Å². The molecule has 0 unspecified atom stereocenters. The van der Waals surface area contributed by atoms with Crippen molar-refractivity contribution in [2.24, 2.45) is 5.92 Å². The summed E-state index contributed by atoms with van der Waals surface area (Å²) in [6, 6.07) is 20.2. The first-order chi connectivity index (χ1) is 18.7. The predicted octanol–water partition coefficient (Wildman–Crippen LogP) is 6.34. The van der Waals surface area contributed by atoms with Crippen LogP contribution >= 0.6 is 0 Å². The van der Waals surface area contributed by atoms with Crippen LogP contribution in [0.4, 0.5) is 0 Å². The fourth-order valence-electron chi connectivity index (χ4n) is 5.91. The van der Waals surface area contributed by atoms with Crippen molar-refractivity contribution in [2.45, 2.75) is 31.8 Å². The Balaban J connectivity index is 1.06. The van der Waals surface area contributed by atoms with E-state index in [9.17, 15) is 0 Å². The van der Waals surface area contributed by atoms with Crippen molar-refractivity contribution < 1.29 is 0 Å². The molecule has 4 heterocycles. The maximum atomic E-state index is 4.88. The number of H-pyrrole nitrogens is 2. The molecule has 0 saturated heterocycles. The van der Waals surface area contributed by atoms with E-state index in [1.165, 1.54) is 40.3 Å². The molecule has 1 aliphatic carbocycles. The topological polar surface area (TPSA) is 81.4 Å². The molecule has 0 amide bonds. The zero-order chi connectivity index (χ0) is 25.2. The summed E-state index contributed by atoms with van der Waals surface area (Å²) in [7, 11) is 0. The highest BCUT2D eigenvalue weighted by molar-refractivity contribution is 5.91. The number of fused-ring (bicyclic) bond motifs is 2. The van der Waals surface area contributed by atoms with Crippen LogP contribution < -0.4 is 10.6 Å². The summed E-state index contributed by atoms with van der Waals surface area (Å²) in [5, 5.41) is 9.52. The maximum Gasteiger partial charge on any atom is 0.128 e. The van der Waals surface area contributed by atoms with Crippen molar-refractivity contribution in [2.75, 3.05) is 13.1 Å². The summed E-state index contributed by atoms with van der Waals surface area (Å²) in [5.41, 5.74) is 9.60. The van der Waals surface area contributed by atoms with Gasteiger partial charge in [-0.05, 0) is 71.8 Å². The van der Waals surface area contributed by atoms with Gasteiger partial charge in [-0.15, -0.1) is 0 Å². The number of rotatable bonds is 5. The van der Waals surface area contributed by atoms with Gasteiger partial charge in [-0.1, -0.05) is 53.6 Å². The van der Waals surface area contributed by atoms with Crippen LogP contribution in [0.5, 0.6) is 0 Å². The van der Waals surface area contributed by atoms with Crippen LogP contribution in [0.3, 0.4) is 0 Å². The Hall–Kier alpha value is -4.00. The molecule has 3 aromatic carbocycles. The number of nitrogens with zero attached hydrogens (tertiary/aromatic N) is 2. The first kappa shape index (κ1) is 22.0. The smallest absolute Gasteiger partial charge is 0.128 e. The van der Waals surface area contributed by atoms with Crippen LogP contribution in [0.1, 0.15) is 43.5 Å². The van der Waals surface area contributed by atoms with E-state index in [4.69, 9.17) is 4.98 Å². The molecule has 1 fully saturated rings. The summed E-state index contributed by atoms with van der Waals surface area (Å²) < 4.78 is 0. The third kappa shape index (κ3) is 3.88. The van der Waals surface area contributed by atoms with E-state index in [1.54, 1.807) is 5.57 Å². The SMILES string of the molecule is CC1=C[C@@H](c2ncc(-c3ccc4cc(-c5ccc6nc([C@@H]7C=C(C8CC8)CN7)[nH]c6c5)ccc4c3)[nH]2)NC1. The van der Waals surface area contributed by atoms with E-state index in [0.717, 1.165) is 52.9 Å². The van der Waals surface area contributed by atoms with Crippen LogP contribution in [0.15, 0.2) is 84.1 Å². The van der Waals surface area contributed by atoms with Crippen molar-refractivity contribution in [3.05, 3.63) is 95.7 Å². The van der Waals surface area contributed by atoms with Crippen LogP contribution in [0.25, 0.3) is 44.2 Å². The second-order valence-corrected chi connectivity index (χ2v) is 11.1. The zero-order valence-electron chi connectivity index (χ0n) is 21.4. The highest BCUT2D eigenvalue weighted by atomic mass is 15.0. The molecular formula is C32H30N6. The Labute approximate surface area is 221 Å². The summed E-state index contributed by atoms with van der Waals surface area (Å²) in [5.74, 6) is 2.78. The number of aromatic amines is 2. The summed E-state index contributed by atoms with van der Waals surface area (Å²) in [6.07, 6.45) is 9.24. The highest BCUT2D eigenvalue weighted by Gasteiger charge is 2.30. The first-order valence-electron chi connectivity index (χ1n) is 13.6. The van der Waals surface area contributed by atoms with Gasteiger partial charge < -0.3 is 20.6 Å². The molecule has 3 aliphatic rings. The molecule has 0 radical (unpaired) electrons. The molecule has 5 aromatic rings. The minimum atomic E-state index is 0.168. The van der Waals surface area contributed by atoms with Gasteiger partial charge in [-0.2, -0.15) is 0 Å². The van der Waals surface area contributed by atoms with Gasteiger partial charge in [-0.3, -0.25) is 0 Å². The number of imidazole rings is 2. The molecule has 6 nitrogen and oxygen atoms in total. The van der Waals surface area contributed by atoms with Crippen molar-refractivity contribution in [3.63, 3.8) is 0 Å². The Kier molecular flexibility index (Phi) is 4.94. The Morgan fingerprint density at radius 1 is 0.737 bits per heavy atom. The Morgan fingerprint density at radius 2 is 1.47 bits per heavy atom. The van der Waals surface area contributed by atoms with Gasteiger partial charge in [0, 0.05) is 18.7 Å². The van der Waals surface area contributed by atoms with E-state index >= 15 is 0 Å². The van der Waals surface area contributed by atoms with Gasteiger partial charge in [0.25, 0.3) is 0 Å². The highest BCUT2D eigenvalue weighted by Crippen LogP contribution is 2.39. The fourth-order valence-corrected chi connectivity index (χ4v) is 5.91. The van der Waals surface area contributed by atoms with Gasteiger partial charge in [0.05, 0.1) is 35.0 Å². The number of hydrogen-bond donors (Lipinski definition) is 4. The quantitative estimate of drug-likeness (QED) is 0.213. The molecule has 4 N–H and O–H groups in total. The monoisotopic (exact) mass is 498 g/mol. The van der Waals surface area contributed by atoms with Gasteiger partial charge in [0.2, 0.25) is 0 Å². The van der Waals surface area contributed by atoms with Crippen molar-refractivity contribution >= 4 is 21.8 Å². The van der Waals surface area contributed by atoms with Crippen LogP contribution in [-0.2, 0) is 0 Å². The van der Waals surface area contributed by atoms with Crippen molar-refractivity contribution in [1.82, 2.24) is 30.6 Å². The number of benzene rings is 3. The van der Waals surface area contributed by atoms with Gasteiger partial charge in [0.15, 0.2) is 0 Å². The molecule has 2 aromatic heterocycles. The van der Waals surface area contributed by atoms with Crippen molar-refractivity contribution in [3.8, 4) is 22.4 Å². The molecule has 8 rings (SSSR count). The van der Waals surface area contributed by atoms with Crippen molar-refractivity contribution in [1.29, 1.82) is 0 Å². The zero-order valence-corrected chi connectivity index (χ0v) is 21.4. The largest absolute Gasteiger partial charge is 0.340 e. The van der Waals surface area contributed by atoms with Crippen LogP contribution in [0.2, 0.25) is 0 Å². The van der Waals surface area contributed by atoms with E-state index < -0.39 is 0 Å². The molecule has 0 spiro atoms. The minimum Gasteiger partial charge on any atom is -0.340 e. The Morgan fingerprint density at radius 3 is 2.29 bits per heavy atom. The summed E-state index contributed by atoms with van der Waals surface area (Å²) >= 11 is 0. The number of hydrogen-bond acceptors (Lipinski definition) is 4. The second kappa shape index (κ2) is 8.51. The summed E-state index contributed by atoms with van der Waals surface area (Å²) in [6.45, 7) is 4.06. The maximum absolute atomic E-state index is 4.88. The molecule has 188 valence electrons. The van der Waals surface area contributed by atoms with E-state index in [2.05, 4.69) is 99.3 Å². The third-order valence-corrected chi connectivity index (χ3v) is 8.23. The number of aromatic nitrogens is 4. The molecule has 38 heavy (non-hydrogen) atoms. The molecule has 0 bridgehead atoms. The van der Waals surface area contributed by atoms with E-state index in [0.29, 0.717) is 0 Å². The standard InChI is InChI=1S/C32H30N6/c1-18-10-28(33-15-18)31-35-17-30(38-31)24-7-6-20-11-21(4-5-22(20)12-24)23-8-9-26-27(13-23)37-32(36-26)29-14-25(16-34-29)19-2-3-19/h4-14,17,19,28-29,33-34H,2-3,15-16H2,1H3,(H,35,38)(H,36,37)/t28-,29-/m0/s1. The normalized spacial score (nSPS) is 21.4. The lowest BCUT2D eigenvalue weighted by Crippen LogP contribution is -2.16. The molecular weight excluding hydrogens is 468 g/mol. The lowest BCUT2D eigenvalue weighted by Gasteiger charge is -2.07. The fraction of sp³-hybridized carbons (Fsp3) is 0.250. The Bertz CT molecular complexity index is 1770. The average Bonchev–Trinajstić information content (AvgIpc) is 3.36. The molecule has 6 heteroatoms.